The second-order valence-electron chi connectivity index (χ2n) is 5.54. The smallest absolute Gasteiger partial charge is 0.286 e. The van der Waals surface area contributed by atoms with Crippen molar-refractivity contribution in [3.63, 3.8) is 0 Å². The van der Waals surface area contributed by atoms with Gasteiger partial charge in [-0.2, -0.15) is 0 Å². The molecule has 2 aromatic heterocycles. The van der Waals surface area contributed by atoms with Crippen molar-refractivity contribution in [2.24, 2.45) is 0 Å². The Labute approximate surface area is 140 Å². The van der Waals surface area contributed by atoms with Crippen LogP contribution >= 0.6 is 0 Å². The van der Waals surface area contributed by atoms with E-state index in [0.717, 1.165) is 18.9 Å². The quantitative estimate of drug-likeness (QED) is 0.890. The highest BCUT2D eigenvalue weighted by molar-refractivity contribution is 5.91. The van der Waals surface area contributed by atoms with Crippen molar-refractivity contribution in [3.05, 3.63) is 48.6 Å². The van der Waals surface area contributed by atoms with Crippen LogP contribution in [-0.4, -0.2) is 54.4 Å². The zero-order valence-corrected chi connectivity index (χ0v) is 13.4. The Balaban J connectivity index is 1.40. The van der Waals surface area contributed by atoms with Crippen LogP contribution in [0.15, 0.2) is 47.2 Å². The van der Waals surface area contributed by atoms with E-state index in [2.05, 4.69) is 15.2 Å². The van der Waals surface area contributed by atoms with Gasteiger partial charge in [0.1, 0.15) is 5.82 Å². The molecular formula is C17H20N4O3. The fraction of sp³-hybridized carbons (Fsp3) is 0.353. The van der Waals surface area contributed by atoms with E-state index in [1.54, 1.807) is 18.3 Å². The number of carbonyl (C=O) groups excluding carboxylic acids is 2. The van der Waals surface area contributed by atoms with Gasteiger partial charge in [-0.1, -0.05) is 6.07 Å². The van der Waals surface area contributed by atoms with Crippen LogP contribution in [0.2, 0.25) is 0 Å². The molecule has 0 unspecified atom stereocenters. The van der Waals surface area contributed by atoms with Gasteiger partial charge in [0.15, 0.2) is 5.76 Å². The van der Waals surface area contributed by atoms with Gasteiger partial charge in [-0.25, -0.2) is 4.98 Å². The molecule has 1 aliphatic heterocycles. The Bertz CT molecular complexity index is 664. The Morgan fingerprint density at radius 2 is 1.96 bits per heavy atom. The first-order valence-corrected chi connectivity index (χ1v) is 7.99. The summed E-state index contributed by atoms with van der Waals surface area (Å²) in [5, 5.41) is 2.69. The molecule has 1 saturated heterocycles. The fourth-order valence-corrected chi connectivity index (χ4v) is 2.66. The predicted molar refractivity (Wildman–Crippen MR) is 88.7 cm³/mol. The zero-order valence-electron chi connectivity index (χ0n) is 13.4. The summed E-state index contributed by atoms with van der Waals surface area (Å²) in [5.74, 6) is 0.949. The van der Waals surface area contributed by atoms with Gasteiger partial charge in [0.2, 0.25) is 5.91 Å². The molecule has 3 heterocycles. The normalized spacial score (nSPS) is 14.5. The number of carbonyl (C=O) groups is 2. The van der Waals surface area contributed by atoms with Gasteiger partial charge in [-0.05, 0) is 24.3 Å². The molecule has 0 atom stereocenters. The van der Waals surface area contributed by atoms with Crippen LogP contribution in [-0.2, 0) is 4.79 Å². The molecule has 0 saturated carbocycles. The Kier molecular flexibility index (Phi) is 5.10. The summed E-state index contributed by atoms with van der Waals surface area (Å²) in [6.45, 7) is 3.17. The molecule has 0 bridgehead atoms. The molecular weight excluding hydrogens is 308 g/mol. The van der Waals surface area contributed by atoms with Gasteiger partial charge in [-0.3, -0.25) is 9.59 Å². The summed E-state index contributed by atoms with van der Waals surface area (Å²) < 4.78 is 5.00. The monoisotopic (exact) mass is 328 g/mol. The molecule has 0 aliphatic carbocycles. The number of aromatic nitrogens is 1. The lowest BCUT2D eigenvalue weighted by Gasteiger charge is -2.35. The van der Waals surface area contributed by atoms with Crippen molar-refractivity contribution < 1.29 is 14.0 Å². The highest BCUT2D eigenvalue weighted by Gasteiger charge is 2.21. The minimum atomic E-state index is -0.298. The van der Waals surface area contributed by atoms with Gasteiger partial charge >= 0.3 is 0 Å². The summed E-state index contributed by atoms with van der Waals surface area (Å²) in [7, 11) is 0. The maximum atomic E-state index is 12.2. The highest BCUT2D eigenvalue weighted by atomic mass is 16.3. The van der Waals surface area contributed by atoms with Crippen molar-refractivity contribution >= 4 is 17.6 Å². The Morgan fingerprint density at radius 1 is 1.12 bits per heavy atom. The lowest BCUT2D eigenvalue weighted by Crippen LogP contribution is -2.49. The second kappa shape index (κ2) is 7.63. The van der Waals surface area contributed by atoms with Gasteiger partial charge in [0, 0.05) is 45.3 Å². The molecule has 1 aliphatic rings. The van der Waals surface area contributed by atoms with E-state index in [1.807, 2.05) is 23.1 Å². The van der Waals surface area contributed by atoms with Crippen molar-refractivity contribution in [2.75, 3.05) is 37.6 Å². The van der Waals surface area contributed by atoms with Crippen LogP contribution in [0.25, 0.3) is 0 Å². The number of pyridine rings is 1. The lowest BCUT2D eigenvalue weighted by atomic mass is 10.2. The van der Waals surface area contributed by atoms with Crippen molar-refractivity contribution in [1.29, 1.82) is 0 Å². The molecule has 3 rings (SSSR count). The van der Waals surface area contributed by atoms with Gasteiger partial charge in [0.25, 0.3) is 5.91 Å². The molecule has 2 aromatic rings. The summed E-state index contributed by atoms with van der Waals surface area (Å²) in [4.78, 5) is 32.3. The largest absolute Gasteiger partial charge is 0.459 e. The second-order valence-corrected chi connectivity index (χ2v) is 5.54. The zero-order chi connectivity index (χ0) is 16.8. The molecule has 24 heavy (non-hydrogen) atoms. The third-order valence-corrected chi connectivity index (χ3v) is 3.98. The third kappa shape index (κ3) is 3.92. The number of nitrogens with zero attached hydrogens (tertiary/aromatic N) is 3. The van der Waals surface area contributed by atoms with Crippen LogP contribution < -0.4 is 10.2 Å². The molecule has 126 valence electrons. The minimum Gasteiger partial charge on any atom is -0.459 e. The molecule has 2 amide bonds. The first kappa shape index (κ1) is 16.0. The molecule has 7 heteroatoms. The number of nitrogens with one attached hydrogen (secondary N) is 1. The van der Waals surface area contributed by atoms with Crippen LogP contribution in [0, 0.1) is 0 Å². The van der Waals surface area contributed by atoms with Crippen LogP contribution in [0.1, 0.15) is 17.0 Å². The molecule has 1 N–H and O–H groups in total. The predicted octanol–water partition coefficient (Wildman–Crippen LogP) is 1.14. The van der Waals surface area contributed by atoms with E-state index < -0.39 is 0 Å². The summed E-state index contributed by atoms with van der Waals surface area (Å²) in [6.07, 6.45) is 3.51. The Hall–Kier alpha value is -2.83. The maximum Gasteiger partial charge on any atom is 0.286 e. The van der Waals surface area contributed by atoms with Gasteiger partial charge in [0.05, 0.1) is 6.26 Å². The number of piperazine rings is 1. The minimum absolute atomic E-state index is 0.0513. The summed E-state index contributed by atoms with van der Waals surface area (Å²) >= 11 is 0. The molecule has 7 nitrogen and oxygen atoms in total. The molecule has 1 fully saturated rings. The maximum absolute atomic E-state index is 12.2. The standard InChI is InChI=1S/C17H20N4O3/c22-16(6-8-19-17(23)14-4-3-13-24-14)21-11-9-20(10-12-21)15-5-1-2-7-18-15/h1-5,7,13H,6,8-12H2,(H,19,23). The number of hydrogen-bond acceptors (Lipinski definition) is 5. The molecule has 0 spiro atoms. The number of anilines is 1. The Morgan fingerprint density at radius 3 is 2.62 bits per heavy atom. The number of furan rings is 1. The third-order valence-electron chi connectivity index (χ3n) is 3.98. The van der Waals surface area contributed by atoms with Gasteiger partial charge < -0.3 is 19.5 Å². The first-order chi connectivity index (χ1) is 11.7. The molecule has 0 aromatic carbocycles. The highest BCUT2D eigenvalue weighted by Crippen LogP contribution is 2.12. The number of rotatable bonds is 5. The number of amides is 2. The van der Waals surface area contributed by atoms with Crippen LogP contribution in [0.3, 0.4) is 0 Å². The van der Waals surface area contributed by atoms with Crippen molar-refractivity contribution in [2.45, 2.75) is 6.42 Å². The van der Waals surface area contributed by atoms with E-state index in [1.165, 1.54) is 6.26 Å². The van der Waals surface area contributed by atoms with Crippen LogP contribution in [0.4, 0.5) is 5.82 Å². The van der Waals surface area contributed by atoms with Gasteiger partial charge in [-0.15, -0.1) is 0 Å². The van der Waals surface area contributed by atoms with Crippen molar-refractivity contribution in [3.8, 4) is 0 Å². The van der Waals surface area contributed by atoms with E-state index in [9.17, 15) is 9.59 Å². The molecule has 0 radical (unpaired) electrons. The summed E-state index contributed by atoms with van der Waals surface area (Å²) in [5.41, 5.74) is 0. The van der Waals surface area contributed by atoms with E-state index >= 15 is 0 Å². The van der Waals surface area contributed by atoms with Crippen molar-refractivity contribution in [1.82, 2.24) is 15.2 Å². The first-order valence-electron chi connectivity index (χ1n) is 7.99. The van der Waals surface area contributed by atoms with E-state index in [-0.39, 0.29) is 24.0 Å². The average molecular weight is 328 g/mol. The fourth-order valence-electron chi connectivity index (χ4n) is 2.66. The van der Waals surface area contributed by atoms with E-state index in [0.29, 0.717) is 19.6 Å². The summed E-state index contributed by atoms with van der Waals surface area (Å²) in [6, 6.07) is 9.07. The lowest BCUT2D eigenvalue weighted by molar-refractivity contribution is -0.131. The van der Waals surface area contributed by atoms with E-state index in [4.69, 9.17) is 4.42 Å². The topological polar surface area (TPSA) is 78.7 Å². The average Bonchev–Trinajstić information content (AvgIpc) is 3.17. The SMILES string of the molecule is O=C(NCCC(=O)N1CCN(c2ccccn2)CC1)c1ccco1. The number of hydrogen-bond donors (Lipinski definition) is 1. The van der Waals surface area contributed by atoms with Crippen LogP contribution in [0.5, 0.6) is 0 Å².